The molecule has 144 valence electrons. The molecular weight excluding hydrogens is 361 g/mol. The van der Waals surface area contributed by atoms with Gasteiger partial charge in [-0.2, -0.15) is 0 Å². The molecule has 0 aliphatic carbocycles. The first-order valence-corrected chi connectivity index (χ1v) is 9.06. The van der Waals surface area contributed by atoms with Gasteiger partial charge in [0, 0.05) is 5.02 Å². The van der Waals surface area contributed by atoms with Gasteiger partial charge in [0.2, 0.25) is 0 Å². The van der Waals surface area contributed by atoms with Crippen LogP contribution < -0.4 is 10.5 Å². The zero-order chi connectivity index (χ0) is 18.3. The van der Waals surface area contributed by atoms with E-state index >= 15 is 0 Å². The van der Waals surface area contributed by atoms with E-state index in [1.165, 1.54) is 0 Å². The molecule has 1 aromatic rings. The average molecular weight is 392 g/mol. The second-order valence-corrected chi connectivity index (χ2v) is 6.96. The molecular formula is C19H31Cl2NO3. The summed E-state index contributed by atoms with van der Waals surface area (Å²) >= 11 is 6.03. The van der Waals surface area contributed by atoms with E-state index in [1.807, 2.05) is 32.9 Å². The van der Waals surface area contributed by atoms with Crippen molar-refractivity contribution in [2.75, 3.05) is 0 Å². The van der Waals surface area contributed by atoms with E-state index in [2.05, 4.69) is 13.8 Å². The highest BCUT2D eigenvalue weighted by atomic mass is 35.5. The highest BCUT2D eigenvalue weighted by Gasteiger charge is 2.31. The molecule has 0 saturated carbocycles. The van der Waals surface area contributed by atoms with Gasteiger partial charge in [-0.3, -0.25) is 4.79 Å². The maximum Gasteiger partial charge on any atom is 0.323 e. The van der Waals surface area contributed by atoms with Crippen LogP contribution in [0.2, 0.25) is 5.02 Å². The Kier molecular flexibility index (Phi) is 11.2. The molecule has 25 heavy (non-hydrogen) atoms. The molecule has 0 aromatic heterocycles. The summed E-state index contributed by atoms with van der Waals surface area (Å²) in [5.41, 5.74) is 5.89. The average Bonchev–Trinajstić information content (AvgIpc) is 2.54. The largest absolute Gasteiger partial charge is 0.486 e. The van der Waals surface area contributed by atoms with Crippen molar-refractivity contribution in [3.8, 4) is 5.75 Å². The molecule has 4 nitrogen and oxygen atoms in total. The molecule has 0 heterocycles. The highest BCUT2D eigenvalue weighted by Crippen LogP contribution is 2.26. The first-order chi connectivity index (χ1) is 11.3. The van der Waals surface area contributed by atoms with Gasteiger partial charge in [-0.1, -0.05) is 45.4 Å². The molecule has 0 amide bonds. The molecule has 0 unspecified atom stereocenters. The summed E-state index contributed by atoms with van der Waals surface area (Å²) in [6, 6.07) is 6.64. The minimum Gasteiger partial charge on any atom is -0.486 e. The number of esters is 1. The number of rotatable bonds is 9. The zero-order valence-electron chi connectivity index (χ0n) is 15.7. The molecule has 0 spiro atoms. The fourth-order valence-electron chi connectivity index (χ4n) is 2.63. The van der Waals surface area contributed by atoms with Gasteiger partial charge in [0.1, 0.15) is 24.0 Å². The lowest BCUT2D eigenvalue weighted by atomic mass is 9.93. The lowest BCUT2D eigenvalue weighted by Crippen LogP contribution is -2.44. The minimum atomic E-state index is -0.624. The van der Waals surface area contributed by atoms with Crippen molar-refractivity contribution in [2.45, 2.75) is 65.7 Å². The van der Waals surface area contributed by atoms with Crippen molar-refractivity contribution in [2.24, 2.45) is 17.6 Å². The van der Waals surface area contributed by atoms with Gasteiger partial charge in [0.15, 0.2) is 0 Å². The summed E-state index contributed by atoms with van der Waals surface area (Å²) in [6.07, 6.45) is 1.22. The fourth-order valence-corrected chi connectivity index (χ4v) is 2.81. The van der Waals surface area contributed by atoms with Gasteiger partial charge in [-0.15, -0.1) is 12.4 Å². The van der Waals surface area contributed by atoms with Gasteiger partial charge in [0.25, 0.3) is 0 Å². The molecule has 0 aliphatic heterocycles. The Bertz CT molecular complexity index is 521. The monoisotopic (exact) mass is 391 g/mol. The van der Waals surface area contributed by atoms with Crippen LogP contribution >= 0.6 is 24.0 Å². The predicted octanol–water partition coefficient (Wildman–Crippen LogP) is 4.86. The molecule has 0 bridgehead atoms. The smallest absolute Gasteiger partial charge is 0.323 e. The quantitative estimate of drug-likeness (QED) is 0.610. The number of carbonyl (C=O) groups is 1. The summed E-state index contributed by atoms with van der Waals surface area (Å²) < 4.78 is 11.7. The first-order valence-electron chi connectivity index (χ1n) is 8.68. The lowest BCUT2D eigenvalue weighted by molar-refractivity contribution is -0.157. The molecule has 0 saturated heterocycles. The number of carbonyl (C=O) groups excluding carboxylic acids is 1. The van der Waals surface area contributed by atoms with Gasteiger partial charge in [-0.05, 0) is 49.8 Å². The third kappa shape index (κ3) is 7.43. The second-order valence-electron chi connectivity index (χ2n) is 6.53. The Morgan fingerprint density at radius 1 is 1.20 bits per heavy atom. The van der Waals surface area contributed by atoms with E-state index in [9.17, 15) is 4.79 Å². The fraction of sp³-hybridized carbons (Fsp3) is 0.632. The van der Waals surface area contributed by atoms with Gasteiger partial charge in [0.05, 0.1) is 0 Å². The molecule has 2 N–H and O–H groups in total. The maximum atomic E-state index is 12.2. The van der Waals surface area contributed by atoms with Crippen molar-refractivity contribution in [1.29, 1.82) is 0 Å². The Morgan fingerprint density at radius 3 is 2.28 bits per heavy atom. The van der Waals surface area contributed by atoms with Crippen molar-refractivity contribution >= 4 is 30.0 Å². The normalized spacial score (nSPS) is 14.6. The number of halogens is 2. The number of ether oxygens (including phenoxy) is 2. The zero-order valence-corrected chi connectivity index (χ0v) is 17.3. The Balaban J connectivity index is 0.00000576. The number of hydrogen-bond donors (Lipinski definition) is 1. The Hall–Kier alpha value is -0.970. The number of nitrogens with two attached hydrogens (primary N) is 1. The molecule has 0 aliphatic rings. The lowest BCUT2D eigenvalue weighted by Gasteiger charge is -2.32. The van der Waals surface area contributed by atoms with Gasteiger partial charge in [-0.25, -0.2) is 0 Å². The summed E-state index contributed by atoms with van der Waals surface area (Å²) in [7, 11) is 0. The van der Waals surface area contributed by atoms with E-state index in [4.69, 9.17) is 26.8 Å². The van der Waals surface area contributed by atoms with E-state index < -0.39 is 12.1 Å². The van der Waals surface area contributed by atoms with Crippen molar-refractivity contribution in [1.82, 2.24) is 0 Å². The van der Waals surface area contributed by atoms with Gasteiger partial charge >= 0.3 is 5.97 Å². The number of hydrogen-bond acceptors (Lipinski definition) is 4. The van der Waals surface area contributed by atoms with Crippen LogP contribution in [0.25, 0.3) is 0 Å². The van der Waals surface area contributed by atoms with Crippen molar-refractivity contribution in [3.05, 3.63) is 29.3 Å². The summed E-state index contributed by atoms with van der Waals surface area (Å²) in [4.78, 5) is 12.2. The van der Waals surface area contributed by atoms with Crippen LogP contribution in [-0.4, -0.2) is 24.2 Å². The molecule has 0 fully saturated rings. The third-order valence-electron chi connectivity index (χ3n) is 4.34. The van der Waals surface area contributed by atoms with Crippen LogP contribution in [0, 0.1) is 11.8 Å². The van der Waals surface area contributed by atoms with Crippen LogP contribution in [0.15, 0.2) is 24.3 Å². The van der Waals surface area contributed by atoms with Crippen molar-refractivity contribution < 1.29 is 14.3 Å². The van der Waals surface area contributed by atoms with E-state index in [1.54, 1.807) is 12.1 Å². The molecule has 0 radical (unpaired) electrons. The highest BCUT2D eigenvalue weighted by molar-refractivity contribution is 6.30. The van der Waals surface area contributed by atoms with E-state index in [0.717, 1.165) is 12.8 Å². The molecule has 3 atom stereocenters. The number of benzene rings is 1. The van der Waals surface area contributed by atoms with E-state index in [0.29, 0.717) is 10.8 Å². The predicted molar refractivity (Wildman–Crippen MR) is 106 cm³/mol. The Labute approximate surface area is 162 Å². The standard InChI is InChI=1S/C19H30ClNO3.ClH/c1-6-14(7-2)18(24-16-10-8-9-15(20)11-16)13(5)23-19(22)17(21)12(3)4;/h8-14,17-18H,6-7,21H2,1-5H3;1H/t13-,17-,18-;/m0./s1. The maximum absolute atomic E-state index is 12.2. The van der Waals surface area contributed by atoms with Crippen LogP contribution in [0.4, 0.5) is 0 Å². The first kappa shape index (κ1) is 24.0. The summed E-state index contributed by atoms with van der Waals surface area (Å²) in [5.74, 6) is 0.589. The van der Waals surface area contributed by atoms with Crippen LogP contribution in [-0.2, 0) is 9.53 Å². The van der Waals surface area contributed by atoms with Crippen LogP contribution in [0.5, 0.6) is 5.75 Å². The van der Waals surface area contributed by atoms with Crippen LogP contribution in [0.3, 0.4) is 0 Å². The molecule has 1 aromatic carbocycles. The summed E-state index contributed by atoms with van der Waals surface area (Å²) in [6.45, 7) is 9.88. The minimum absolute atomic E-state index is 0. The molecule has 6 heteroatoms. The second kappa shape index (κ2) is 11.6. The summed E-state index contributed by atoms with van der Waals surface area (Å²) in [5, 5.41) is 0.613. The van der Waals surface area contributed by atoms with Crippen LogP contribution in [0.1, 0.15) is 47.5 Å². The topological polar surface area (TPSA) is 61.5 Å². The SMILES string of the molecule is CCC(CC)[C@@H](Oc1cccc(Cl)c1)[C@H](C)OC(=O)[C@@H](N)C(C)C.Cl. The van der Waals surface area contributed by atoms with Crippen molar-refractivity contribution in [3.63, 3.8) is 0 Å². The Morgan fingerprint density at radius 2 is 1.80 bits per heavy atom. The van der Waals surface area contributed by atoms with Gasteiger partial charge < -0.3 is 15.2 Å². The third-order valence-corrected chi connectivity index (χ3v) is 4.57. The van der Waals surface area contributed by atoms with E-state index in [-0.39, 0.29) is 36.3 Å². The molecule has 1 rings (SSSR count).